The van der Waals surface area contributed by atoms with Crippen molar-refractivity contribution in [2.24, 2.45) is 4.99 Å². The number of thioether (sulfide) groups is 1. The number of fused-ring (bicyclic) bond motifs is 1. The Kier molecular flexibility index (Phi) is 3.69. The Morgan fingerprint density at radius 2 is 2.00 bits per heavy atom. The lowest BCUT2D eigenvalue weighted by Gasteiger charge is -2.16. The summed E-state index contributed by atoms with van der Waals surface area (Å²) < 4.78 is 32.1. The SMILES string of the molecule is Fc1ccc(F)c(CSC2=Nc3ccccc3OC2)c1. The van der Waals surface area contributed by atoms with Crippen LogP contribution in [-0.4, -0.2) is 11.7 Å². The van der Waals surface area contributed by atoms with Crippen molar-refractivity contribution in [2.75, 3.05) is 6.61 Å². The third-order valence-electron chi connectivity index (χ3n) is 2.86. The first-order valence-corrected chi connectivity index (χ1v) is 7.07. The molecule has 2 aromatic carbocycles. The quantitative estimate of drug-likeness (QED) is 0.822. The van der Waals surface area contributed by atoms with E-state index in [1.807, 2.05) is 24.3 Å². The Morgan fingerprint density at radius 1 is 1.15 bits per heavy atom. The third-order valence-corrected chi connectivity index (χ3v) is 3.86. The van der Waals surface area contributed by atoms with Gasteiger partial charge in [-0.25, -0.2) is 13.8 Å². The van der Waals surface area contributed by atoms with Crippen molar-refractivity contribution in [3.63, 3.8) is 0 Å². The molecule has 0 spiro atoms. The predicted octanol–water partition coefficient (Wildman–Crippen LogP) is 4.32. The maximum atomic E-state index is 13.5. The molecule has 20 heavy (non-hydrogen) atoms. The number of para-hydroxylation sites is 2. The van der Waals surface area contributed by atoms with Crippen molar-refractivity contribution < 1.29 is 13.5 Å². The Hall–Kier alpha value is -1.88. The van der Waals surface area contributed by atoms with Crippen LogP contribution in [-0.2, 0) is 5.75 Å². The largest absolute Gasteiger partial charge is 0.484 e. The first-order valence-electron chi connectivity index (χ1n) is 6.08. The van der Waals surface area contributed by atoms with Gasteiger partial charge in [-0.2, -0.15) is 0 Å². The molecule has 102 valence electrons. The standard InChI is InChI=1S/C15H11F2NOS/c16-11-5-6-12(17)10(7-11)9-20-15-8-19-14-4-2-1-3-13(14)18-15/h1-7H,8-9H2. The van der Waals surface area contributed by atoms with Gasteiger partial charge in [0, 0.05) is 11.3 Å². The van der Waals surface area contributed by atoms with Gasteiger partial charge in [-0.05, 0) is 30.3 Å². The second kappa shape index (κ2) is 5.63. The highest BCUT2D eigenvalue weighted by molar-refractivity contribution is 8.13. The highest BCUT2D eigenvalue weighted by atomic mass is 32.2. The van der Waals surface area contributed by atoms with Crippen LogP contribution in [0.4, 0.5) is 14.5 Å². The molecular formula is C15H11F2NOS. The summed E-state index contributed by atoms with van der Waals surface area (Å²) in [4.78, 5) is 4.45. The van der Waals surface area contributed by atoms with Crippen molar-refractivity contribution >= 4 is 22.5 Å². The first-order chi connectivity index (χ1) is 9.72. The summed E-state index contributed by atoms with van der Waals surface area (Å²) in [5.74, 6) is 0.230. The van der Waals surface area contributed by atoms with Crippen LogP contribution in [0.15, 0.2) is 47.5 Å². The fraction of sp³-hybridized carbons (Fsp3) is 0.133. The monoisotopic (exact) mass is 291 g/mol. The van der Waals surface area contributed by atoms with Crippen LogP contribution < -0.4 is 4.74 Å². The maximum Gasteiger partial charge on any atom is 0.145 e. The van der Waals surface area contributed by atoms with Crippen LogP contribution in [0.5, 0.6) is 5.75 Å². The topological polar surface area (TPSA) is 21.6 Å². The number of nitrogens with zero attached hydrogens (tertiary/aromatic N) is 1. The van der Waals surface area contributed by atoms with Gasteiger partial charge in [0.05, 0.1) is 0 Å². The second-order valence-corrected chi connectivity index (χ2v) is 5.33. The molecule has 0 saturated carbocycles. The molecule has 0 N–H and O–H groups in total. The summed E-state index contributed by atoms with van der Waals surface area (Å²) in [5, 5.41) is 0.757. The Bertz CT molecular complexity index is 673. The number of aliphatic imine (C=N–C) groups is 1. The molecular weight excluding hydrogens is 280 g/mol. The van der Waals surface area contributed by atoms with Crippen molar-refractivity contribution in [1.29, 1.82) is 0 Å². The molecule has 0 saturated heterocycles. The van der Waals surface area contributed by atoms with Crippen LogP contribution in [0.25, 0.3) is 0 Å². The molecule has 3 rings (SSSR count). The number of hydrogen-bond donors (Lipinski definition) is 0. The van der Waals surface area contributed by atoms with Crippen LogP contribution in [0, 0.1) is 11.6 Å². The molecule has 1 heterocycles. The lowest BCUT2D eigenvalue weighted by molar-refractivity contribution is 0.375. The number of ether oxygens (including phenoxy) is 1. The lowest BCUT2D eigenvalue weighted by Crippen LogP contribution is -2.12. The molecule has 2 nitrogen and oxygen atoms in total. The normalized spacial score (nSPS) is 13.4. The summed E-state index contributed by atoms with van der Waals surface area (Å²) in [6, 6.07) is 10.9. The van der Waals surface area contributed by atoms with Crippen LogP contribution in [0.3, 0.4) is 0 Å². The number of halogens is 2. The summed E-state index contributed by atoms with van der Waals surface area (Å²) in [6.45, 7) is 0.360. The zero-order valence-corrected chi connectivity index (χ0v) is 11.3. The van der Waals surface area contributed by atoms with Crippen molar-refractivity contribution in [3.05, 3.63) is 59.7 Å². The Morgan fingerprint density at radius 3 is 2.90 bits per heavy atom. The van der Waals surface area contributed by atoms with Crippen LogP contribution in [0.2, 0.25) is 0 Å². The second-order valence-electron chi connectivity index (χ2n) is 4.29. The average molecular weight is 291 g/mol. The van der Waals surface area contributed by atoms with Gasteiger partial charge in [0.25, 0.3) is 0 Å². The number of hydrogen-bond acceptors (Lipinski definition) is 3. The number of rotatable bonds is 2. The molecule has 1 aliphatic rings. The van der Waals surface area contributed by atoms with E-state index in [4.69, 9.17) is 4.74 Å². The minimum absolute atomic E-state index is 0.327. The lowest BCUT2D eigenvalue weighted by atomic mass is 10.2. The van der Waals surface area contributed by atoms with E-state index in [9.17, 15) is 8.78 Å². The van der Waals surface area contributed by atoms with Gasteiger partial charge in [0.1, 0.15) is 34.7 Å². The van der Waals surface area contributed by atoms with E-state index < -0.39 is 11.6 Å². The van der Waals surface area contributed by atoms with Crippen molar-refractivity contribution in [3.8, 4) is 5.75 Å². The molecule has 0 bridgehead atoms. The van der Waals surface area contributed by atoms with Crippen molar-refractivity contribution in [1.82, 2.24) is 0 Å². The summed E-state index contributed by atoms with van der Waals surface area (Å²) in [5.41, 5.74) is 1.09. The minimum atomic E-state index is -0.436. The minimum Gasteiger partial charge on any atom is -0.484 e. The third kappa shape index (κ3) is 2.82. The average Bonchev–Trinajstić information content (AvgIpc) is 2.48. The smallest absolute Gasteiger partial charge is 0.145 e. The maximum absolute atomic E-state index is 13.5. The van der Waals surface area contributed by atoms with E-state index in [0.29, 0.717) is 17.9 Å². The van der Waals surface area contributed by atoms with Gasteiger partial charge in [-0.15, -0.1) is 11.8 Å². The van der Waals surface area contributed by atoms with Crippen LogP contribution in [0.1, 0.15) is 5.56 Å². The molecule has 0 amide bonds. The highest BCUT2D eigenvalue weighted by Crippen LogP contribution is 2.32. The van der Waals surface area contributed by atoms with Crippen molar-refractivity contribution in [2.45, 2.75) is 5.75 Å². The molecule has 0 aliphatic carbocycles. The summed E-state index contributed by atoms with van der Waals surface area (Å²) in [7, 11) is 0. The molecule has 5 heteroatoms. The Labute approximate surface area is 119 Å². The molecule has 0 fully saturated rings. The molecule has 0 aromatic heterocycles. The molecule has 0 radical (unpaired) electrons. The Balaban J connectivity index is 1.74. The van der Waals surface area contributed by atoms with Gasteiger partial charge in [-0.3, -0.25) is 0 Å². The van der Waals surface area contributed by atoms with Crippen LogP contribution >= 0.6 is 11.8 Å². The molecule has 0 atom stereocenters. The zero-order valence-electron chi connectivity index (χ0n) is 10.5. The van der Waals surface area contributed by atoms with E-state index in [-0.39, 0.29) is 0 Å². The van der Waals surface area contributed by atoms with Gasteiger partial charge in [-0.1, -0.05) is 12.1 Å². The summed E-state index contributed by atoms with van der Waals surface area (Å²) >= 11 is 1.36. The molecule has 2 aromatic rings. The highest BCUT2D eigenvalue weighted by Gasteiger charge is 2.13. The molecule has 0 unspecified atom stereocenters. The van der Waals surface area contributed by atoms with Gasteiger partial charge >= 0.3 is 0 Å². The number of benzene rings is 2. The fourth-order valence-electron chi connectivity index (χ4n) is 1.87. The van der Waals surface area contributed by atoms with E-state index in [0.717, 1.165) is 28.6 Å². The molecule has 1 aliphatic heterocycles. The van der Waals surface area contributed by atoms with Gasteiger partial charge in [0.15, 0.2) is 0 Å². The van der Waals surface area contributed by atoms with E-state index in [1.54, 1.807) is 0 Å². The van der Waals surface area contributed by atoms with E-state index in [2.05, 4.69) is 4.99 Å². The fourth-order valence-corrected chi connectivity index (χ4v) is 2.72. The van der Waals surface area contributed by atoms with E-state index in [1.165, 1.54) is 17.8 Å². The first kappa shape index (κ1) is 13.1. The van der Waals surface area contributed by atoms with E-state index >= 15 is 0 Å². The van der Waals surface area contributed by atoms with Gasteiger partial charge < -0.3 is 4.74 Å². The van der Waals surface area contributed by atoms with Gasteiger partial charge in [0.2, 0.25) is 0 Å². The zero-order chi connectivity index (χ0) is 13.9. The summed E-state index contributed by atoms with van der Waals surface area (Å²) in [6.07, 6.45) is 0. The predicted molar refractivity (Wildman–Crippen MR) is 76.7 cm³/mol.